The van der Waals surface area contributed by atoms with Crippen molar-refractivity contribution in [2.24, 2.45) is 0 Å². The second-order valence-electron chi connectivity index (χ2n) is 4.81. The van der Waals surface area contributed by atoms with Gasteiger partial charge in [-0.3, -0.25) is 14.6 Å². The van der Waals surface area contributed by atoms with Gasteiger partial charge in [-0.05, 0) is 43.2 Å². The topological polar surface area (TPSA) is 71.1 Å². The van der Waals surface area contributed by atoms with Crippen molar-refractivity contribution >= 4 is 17.5 Å². The van der Waals surface area contributed by atoms with Crippen molar-refractivity contribution in [3.8, 4) is 0 Å². The average Bonchev–Trinajstić information content (AvgIpc) is 2.54. The number of pyridine rings is 1. The monoisotopic (exact) mass is 297 g/mol. The molecule has 2 aromatic rings. The third-order valence-electron chi connectivity index (χ3n) is 3.17. The quantitative estimate of drug-likeness (QED) is 0.860. The predicted octanol–water partition coefficient (Wildman–Crippen LogP) is 2.40. The number of para-hydroxylation sites is 1. The molecule has 0 fully saturated rings. The zero-order valence-electron chi connectivity index (χ0n) is 12.5. The summed E-state index contributed by atoms with van der Waals surface area (Å²) >= 11 is 0. The van der Waals surface area contributed by atoms with Crippen LogP contribution in [-0.2, 0) is 11.2 Å². The summed E-state index contributed by atoms with van der Waals surface area (Å²) in [5.41, 5.74) is 2.07. The number of benzene rings is 1. The van der Waals surface area contributed by atoms with E-state index in [9.17, 15) is 9.59 Å². The van der Waals surface area contributed by atoms with Crippen molar-refractivity contribution in [1.82, 2.24) is 10.3 Å². The van der Waals surface area contributed by atoms with Crippen molar-refractivity contribution in [3.63, 3.8) is 0 Å². The maximum absolute atomic E-state index is 12.1. The summed E-state index contributed by atoms with van der Waals surface area (Å²) in [4.78, 5) is 28.0. The summed E-state index contributed by atoms with van der Waals surface area (Å²) in [6, 6.07) is 10.8. The van der Waals surface area contributed by atoms with Crippen LogP contribution in [0.2, 0.25) is 0 Å². The van der Waals surface area contributed by atoms with Crippen molar-refractivity contribution in [3.05, 3.63) is 59.9 Å². The smallest absolute Gasteiger partial charge is 0.253 e. The van der Waals surface area contributed by atoms with Gasteiger partial charge in [0.05, 0.1) is 11.3 Å². The summed E-state index contributed by atoms with van der Waals surface area (Å²) in [5.74, 6) is -0.305. The molecule has 0 saturated carbocycles. The first kappa shape index (κ1) is 15.7. The molecule has 1 aromatic carbocycles. The molecule has 5 nitrogen and oxygen atoms in total. The second-order valence-corrected chi connectivity index (χ2v) is 4.81. The van der Waals surface area contributed by atoms with Gasteiger partial charge >= 0.3 is 0 Å². The molecular formula is C17H19N3O2. The van der Waals surface area contributed by atoms with Crippen LogP contribution in [-0.4, -0.2) is 23.3 Å². The Bertz CT molecular complexity index is 641. The van der Waals surface area contributed by atoms with Gasteiger partial charge in [-0.2, -0.15) is 0 Å². The van der Waals surface area contributed by atoms with Gasteiger partial charge in [-0.1, -0.05) is 12.1 Å². The summed E-state index contributed by atoms with van der Waals surface area (Å²) in [5, 5.41) is 5.54. The van der Waals surface area contributed by atoms with Crippen molar-refractivity contribution < 1.29 is 9.59 Å². The maximum atomic E-state index is 12.1. The van der Waals surface area contributed by atoms with E-state index in [1.807, 2.05) is 19.1 Å². The third-order valence-corrected chi connectivity index (χ3v) is 3.17. The molecule has 0 aliphatic heterocycles. The Balaban J connectivity index is 1.98. The Morgan fingerprint density at radius 3 is 2.55 bits per heavy atom. The van der Waals surface area contributed by atoms with Crippen LogP contribution in [0.4, 0.5) is 5.69 Å². The number of hydrogen-bond donors (Lipinski definition) is 2. The highest BCUT2D eigenvalue weighted by Gasteiger charge is 2.12. The number of aryl methyl sites for hydroxylation is 1. The minimum absolute atomic E-state index is 0.117. The maximum Gasteiger partial charge on any atom is 0.253 e. The number of anilines is 1. The van der Waals surface area contributed by atoms with E-state index in [0.717, 1.165) is 5.56 Å². The third kappa shape index (κ3) is 4.41. The first-order chi connectivity index (χ1) is 10.7. The molecule has 0 spiro atoms. The summed E-state index contributed by atoms with van der Waals surface area (Å²) in [6.07, 6.45) is 4.40. The van der Waals surface area contributed by atoms with Crippen LogP contribution in [0.3, 0.4) is 0 Å². The van der Waals surface area contributed by atoms with Crippen molar-refractivity contribution in [2.45, 2.75) is 19.8 Å². The first-order valence-electron chi connectivity index (χ1n) is 7.26. The zero-order valence-corrected chi connectivity index (χ0v) is 12.5. The standard InChI is InChI=1S/C17H19N3O2/c1-2-19-17(22)14-5-3-4-6-15(14)20-16(21)8-7-13-9-11-18-12-10-13/h3-6,9-12H,2,7-8H2,1H3,(H,19,22)(H,20,21). The molecule has 0 unspecified atom stereocenters. The summed E-state index contributed by atoms with van der Waals surface area (Å²) < 4.78 is 0. The van der Waals surface area contributed by atoms with E-state index in [-0.39, 0.29) is 11.8 Å². The molecule has 1 aromatic heterocycles. The highest BCUT2D eigenvalue weighted by Crippen LogP contribution is 2.15. The SMILES string of the molecule is CCNC(=O)c1ccccc1NC(=O)CCc1ccncc1. The lowest BCUT2D eigenvalue weighted by molar-refractivity contribution is -0.116. The fourth-order valence-corrected chi connectivity index (χ4v) is 2.07. The number of carbonyl (C=O) groups excluding carboxylic acids is 2. The van der Waals surface area contributed by atoms with Gasteiger partial charge in [-0.15, -0.1) is 0 Å². The number of nitrogens with one attached hydrogen (secondary N) is 2. The minimum atomic E-state index is -0.187. The molecule has 2 N–H and O–H groups in total. The van der Waals surface area contributed by atoms with E-state index in [0.29, 0.717) is 30.6 Å². The first-order valence-corrected chi connectivity index (χ1v) is 7.26. The zero-order chi connectivity index (χ0) is 15.8. The van der Waals surface area contributed by atoms with Crippen LogP contribution in [0, 0.1) is 0 Å². The van der Waals surface area contributed by atoms with Crippen LogP contribution in [0.25, 0.3) is 0 Å². The molecule has 5 heteroatoms. The van der Waals surface area contributed by atoms with Gasteiger partial charge in [0.25, 0.3) is 5.91 Å². The number of carbonyl (C=O) groups is 2. The van der Waals surface area contributed by atoms with Gasteiger partial charge < -0.3 is 10.6 Å². The van der Waals surface area contributed by atoms with Gasteiger partial charge in [0.1, 0.15) is 0 Å². The number of hydrogen-bond acceptors (Lipinski definition) is 3. The second kappa shape index (κ2) is 7.93. The minimum Gasteiger partial charge on any atom is -0.352 e. The van der Waals surface area contributed by atoms with E-state index >= 15 is 0 Å². The highest BCUT2D eigenvalue weighted by atomic mass is 16.2. The Morgan fingerprint density at radius 1 is 1.09 bits per heavy atom. The van der Waals surface area contributed by atoms with E-state index in [2.05, 4.69) is 15.6 Å². The van der Waals surface area contributed by atoms with Crippen LogP contribution in [0.1, 0.15) is 29.3 Å². The largest absolute Gasteiger partial charge is 0.352 e. The molecular weight excluding hydrogens is 278 g/mol. The predicted molar refractivity (Wildman–Crippen MR) is 85.6 cm³/mol. The molecule has 0 aliphatic rings. The van der Waals surface area contributed by atoms with Crippen LogP contribution in [0.15, 0.2) is 48.8 Å². The van der Waals surface area contributed by atoms with E-state index < -0.39 is 0 Å². The molecule has 1 heterocycles. The van der Waals surface area contributed by atoms with Gasteiger partial charge in [0.15, 0.2) is 0 Å². The molecule has 2 amide bonds. The highest BCUT2D eigenvalue weighted by molar-refractivity contribution is 6.03. The fourth-order valence-electron chi connectivity index (χ4n) is 2.07. The number of amides is 2. The van der Waals surface area contributed by atoms with E-state index in [1.54, 1.807) is 36.7 Å². The lowest BCUT2D eigenvalue weighted by Gasteiger charge is -2.10. The summed E-state index contributed by atoms with van der Waals surface area (Å²) in [7, 11) is 0. The fraction of sp³-hybridized carbons (Fsp3) is 0.235. The number of aromatic nitrogens is 1. The van der Waals surface area contributed by atoms with E-state index in [4.69, 9.17) is 0 Å². The number of rotatable bonds is 6. The summed E-state index contributed by atoms with van der Waals surface area (Å²) in [6.45, 7) is 2.40. The van der Waals surface area contributed by atoms with Gasteiger partial charge in [0, 0.05) is 25.4 Å². The number of nitrogens with zero attached hydrogens (tertiary/aromatic N) is 1. The lowest BCUT2D eigenvalue weighted by Crippen LogP contribution is -2.24. The Kier molecular flexibility index (Phi) is 5.65. The van der Waals surface area contributed by atoms with Gasteiger partial charge in [-0.25, -0.2) is 0 Å². The molecule has 0 bridgehead atoms. The van der Waals surface area contributed by atoms with Crippen LogP contribution in [0.5, 0.6) is 0 Å². The average molecular weight is 297 g/mol. The van der Waals surface area contributed by atoms with Crippen LogP contribution < -0.4 is 10.6 Å². The molecule has 2 rings (SSSR count). The molecule has 22 heavy (non-hydrogen) atoms. The Morgan fingerprint density at radius 2 is 1.82 bits per heavy atom. The van der Waals surface area contributed by atoms with E-state index in [1.165, 1.54) is 0 Å². The van der Waals surface area contributed by atoms with Crippen molar-refractivity contribution in [1.29, 1.82) is 0 Å². The molecule has 0 aliphatic carbocycles. The molecule has 0 atom stereocenters. The Labute approximate surface area is 129 Å². The lowest BCUT2D eigenvalue weighted by atomic mass is 10.1. The van der Waals surface area contributed by atoms with Gasteiger partial charge in [0.2, 0.25) is 5.91 Å². The molecule has 0 saturated heterocycles. The van der Waals surface area contributed by atoms with Crippen LogP contribution >= 0.6 is 0 Å². The molecule has 0 radical (unpaired) electrons. The Hall–Kier alpha value is -2.69. The molecule has 114 valence electrons. The van der Waals surface area contributed by atoms with Crippen molar-refractivity contribution in [2.75, 3.05) is 11.9 Å². The normalized spacial score (nSPS) is 10.0.